The minimum absolute atomic E-state index is 0.195. The van der Waals surface area contributed by atoms with Gasteiger partial charge in [-0.2, -0.15) is 0 Å². The molecule has 4 aromatic rings. The minimum atomic E-state index is -0.535. The van der Waals surface area contributed by atoms with Crippen LogP contribution in [0.3, 0.4) is 0 Å². The summed E-state index contributed by atoms with van der Waals surface area (Å²) in [6.07, 6.45) is 5.14. The number of thiophene rings is 2. The topological polar surface area (TPSA) is 107 Å². The SMILES string of the molecule is NC(=O)c1c(NC(=O)Cn2cnc3sc(-c4ccccc4)cc3c2=O)sc2c1CCCC2. The van der Waals surface area contributed by atoms with E-state index in [1.54, 1.807) is 0 Å². The fourth-order valence-electron chi connectivity index (χ4n) is 4.05. The molecule has 1 aliphatic carbocycles. The van der Waals surface area contributed by atoms with Crippen LogP contribution < -0.4 is 16.6 Å². The van der Waals surface area contributed by atoms with E-state index < -0.39 is 11.8 Å². The average Bonchev–Trinajstić information content (AvgIpc) is 3.38. The second-order valence-electron chi connectivity index (χ2n) is 7.70. The zero-order valence-corrected chi connectivity index (χ0v) is 18.7. The normalized spacial score (nSPS) is 13.1. The summed E-state index contributed by atoms with van der Waals surface area (Å²) in [7, 11) is 0. The molecule has 2 amide bonds. The highest BCUT2D eigenvalue weighted by molar-refractivity contribution is 7.21. The standard InChI is InChI=1S/C23H20N4O3S2/c24-20(29)19-14-8-4-5-9-16(14)31-22(19)26-18(28)11-27-12-25-21-15(23(27)30)10-17(32-21)13-6-2-1-3-7-13/h1-3,6-7,10,12H,4-5,8-9,11H2,(H2,24,29)(H,26,28). The van der Waals surface area contributed by atoms with Crippen LogP contribution in [0.15, 0.2) is 47.5 Å². The number of nitrogens with one attached hydrogen (secondary N) is 1. The highest BCUT2D eigenvalue weighted by Crippen LogP contribution is 2.38. The van der Waals surface area contributed by atoms with Crippen molar-refractivity contribution in [1.82, 2.24) is 9.55 Å². The van der Waals surface area contributed by atoms with Crippen molar-refractivity contribution >= 4 is 49.7 Å². The van der Waals surface area contributed by atoms with Crippen LogP contribution in [0.25, 0.3) is 20.7 Å². The molecular formula is C23H20N4O3S2. The summed E-state index contributed by atoms with van der Waals surface area (Å²) in [5.41, 5.74) is 7.70. The summed E-state index contributed by atoms with van der Waals surface area (Å²) >= 11 is 2.84. The molecule has 3 heterocycles. The van der Waals surface area contributed by atoms with Crippen LogP contribution in [0.4, 0.5) is 5.00 Å². The molecule has 1 aliphatic rings. The van der Waals surface area contributed by atoms with Crippen LogP contribution in [0.1, 0.15) is 33.6 Å². The third-order valence-electron chi connectivity index (χ3n) is 5.56. The van der Waals surface area contributed by atoms with E-state index in [1.807, 2.05) is 36.4 Å². The molecule has 0 radical (unpaired) electrons. The summed E-state index contributed by atoms with van der Waals surface area (Å²) in [6.45, 7) is -0.195. The number of carbonyl (C=O) groups excluding carboxylic acids is 2. The highest BCUT2D eigenvalue weighted by Gasteiger charge is 2.25. The van der Waals surface area contributed by atoms with Crippen molar-refractivity contribution in [1.29, 1.82) is 0 Å². The Hall–Kier alpha value is -3.30. The number of fused-ring (bicyclic) bond motifs is 2. The number of aromatic nitrogens is 2. The molecule has 0 unspecified atom stereocenters. The number of hydrogen-bond donors (Lipinski definition) is 2. The lowest BCUT2D eigenvalue weighted by Crippen LogP contribution is -2.28. The number of nitrogens with two attached hydrogens (primary N) is 1. The molecule has 1 aromatic carbocycles. The van der Waals surface area contributed by atoms with Gasteiger partial charge in [0.1, 0.15) is 16.4 Å². The minimum Gasteiger partial charge on any atom is -0.365 e. The van der Waals surface area contributed by atoms with E-state index in [9.17, 15) is 14.4 Å². The lowest BCUT2D eigenvalue weighted by atomic mass is 9.95. The summed E-state index contributed by atoms with van der Waals surface area (Å²) in [6, 6.07) is 11.6. The van der Waals surface area contributed by atoms with Crippen molar-refractivity contribution in [3.63, 3.8) is 0 Å². The maximum Gasteiger partial charge on any atom is 0.262 e. The molecule has 9 heteroatoms. The van der Waals surface area contributed by atoms with Gasteiger partial charge in [0.25, 0.3) is 11.5 Å². The third-order valence-corrected chi connectivity index (χ3v) is 7.86. The van der Waals surface area contributed by atoms with Crippen LogP contribution in [0, 0.1) is 0 Å². The quantitative estimate of drug-likeness (QED) is 0.468. The van der Waals surface area contributed by atoms with Crippen molar-refractivity contribution < 1.29 is 9.59 Å². The van der Waals surface area contributed by atoms with Gasteiger partial charge in [0, 0.05) is 9.75 Å². The largest absolute Gasteiger partial charge is 0.365 e. The fourth-order valence-corrected chi connectivity index (χ4v) is 6.36. The van der Waals surface area contributed by atoms with E-state index in [-0.39, 0.29) is 12.1 Å². The molecule has 0 saturated carbocycles. The van der Waals surface area contributed by atoms with Crippen LogP contribution in [-0.4, -0.2) is 21.4 Å². The Kier molecular flexibility index (Phi) is 5.36. The van der Waals surface area contributed by atoms with E-state index in [2.05, 4.69) is 10.3 Å². The van der Waals surface area contributed by atoms with Gasteiger partial charge in [-0.25, -0.2) is 4.98 Å². The van der Waals surface area contributed by atoms with Crippen LogP contribution in [-0.2, 0) is 24.2 Å². The van der Waals surface area contributed by atoms with E-state index in [0.717, 1.165) is 46.6 Å². The number of amides is 2. The van der Waals surface area contributed by atoms with Gasteiger partial charge < -0.3 is 11.1 Å². The molecule has 3 N–H and O–H groups in total. The maximum absolute atomic E-state index is 13.0. The second-order valence-corrected chi connectivity index (χ2v) is 9.84. The predicted molar refractivity (Wildman–Crippen MR) is 127 cm³/mol. The van der Waals surface area contributed by atoms with Crippen molar-refractivity contribution in [2.24, 2.45) is 5.73 Å². The van der Waals surface area contributed by atoms with Crippen LogP contribution in [0.2, 0.25) is 0 Å². The van der Waals surface area contributed by atoms with Crippen LogP contribution >= 0.6 is 22.7 Å². The molecule has 0 atom stereocenters. The van der Waals surface area contributed by atoms with Gasteiger partial charge in [-0.05, 0) is 42.9 Å². The molecule has 0 saturated heterocycles. The third kappa shape index (κ3) is 3.74. The lowest BCUT2D eigenvalue weighted by molar-refractivity contribution is -0.116. The molecule has 32 heavy (non-hydrogen) atoms. The number of carbonyl (C=O) groups is 2. The molecule has 7 nitrogen and oxygen atoms in total. The zero-order chi connectivity index (χ0) is 22.2. The zero-order valence-electron chi connectivity index (χ0n) is 17.1. The predicted octanol–water partition coefficient (Wildman–Crippen LogP) is 3.80. The Labute approximate surface area is 191 Å². The number of aryl methyl sites for hydroxylation is 1. The number of benzene rings is 1. The van der Waals surface area contributed by atoms with Gasteiger partial charge in [0.05, 0.1) is 17.3 Å². The van der Waals surface area contributed by atoms with Crippen molar-refractivity contribution in [3.05, 3.63) is 69.1 Å². The first kappa shape index (κ1) is 20.6. The number of hydrogen-bond acceptors (Lipinski definition) is 6. The molecule has 5 rings (SSSR count). The maximum atomic E-state index is 13.0. The molecule has 162 valence electrons. The van der Waals surface area contributed by atoms with Crippen LogP contribution in [0.5, 0.6) is 0 Å². The molecule has 0 spiro atoms. The van der Waals surface area contributed by atoms with E-state index in [4.69, 9.17) is 5.73 Å². The number of anilines is 1. The Morgan fingerprint density at radius 2 is 1.91 bits per heavy atom. The van der Waals surface area contributed by atoms with Crippen molar-refractivity contribution in [2.75, 3.05) is 5.32 Å². The molecule has 3 aromatic heterocycles. The second kappa shape index (κ2) is 8.33. The summed E-state index contributed by atoms with van der Waals surface area (Å²) in [5.74, 6) is -0.931. The van der Waals surface area contributed by atoms with Gasteiger partial charge in [-0.15, -0.1) is 22.7 Å². The first-order valence-electron chi connectivity index (χ1n) is 10.3. The van der Waals surface area contributed by atoms with E-state index >= 15 is 0 Å². The first-order chi connectivity index (χ1) is 15.5. The monoisotopic (exact) mass is 464 g/mol. The van der Waals surface area contributed by atoms with Gasteiger partial charge >= 0.3 is 0 Å². The van der Waals surface area contributed by atoms with Crippen molar-refractivity contribution in [2.45, 2.75) is 32.2 Å². The molecular weight excluding hydrogens is 444 g/mol. The van der Waals surface area contributed by atoms with Crippen molar-refractivity contribution in [3.8, 4) is 10.4 Å². The smallest absolute Gasteiger partial charge is 0.262 e. The Morgan fingerprint density at radius 1 is 1.12 bits per heavy atom. The molecule has 0 bridgehead atoms. The number of rotatable bonds is 5. The Bertz CT molecular complexity index is 1400. The summed E-state index contributed by atoms with van der Waals surface area (Å²) in [4.78, 5) is 44.8. The van der Waals surface area contributed by atoms with Gasteiger partial charge in [0.2, 0.25) is 5.91 Å². The van der Waals surface area contributed by atoms with Gasteiger partial charge in [-0.1, -0.05) is 30.3 Å². The number of primary amides is 1. The highest BCUT2D eigenvalue weighted by atomic mass is 32.1. The average molecular weight is 465 g/mol. The number of nitrogens with zero attached hydrogens (tertiary/aromatic N) is 2. The summed E-state index contributed by atoms with van der Waals surface area (Å²) < 4.78 is 1.29. The first-order valence-corrected chi connectivity index (χ1v) is 11.9. The van der Waals surface area contributed by atoms with Gasteiger partial charge in [0.15, 0.2) is 0 Å². The van der Waals surface area contributed by atoms with E-state index in [1.165, 1.54) is 33.6 Å². The van der Waals surface area contributed by atoms with Gasteiger partial charge in [-0.3, -0.25) is 19.0 Å². The lowest BCUT2D eigenvalue weighted by Gasteiger charge is -2.11. The molecule has 0 fully saturated rings. The fraction of sp³-hybridized carbons (Fsp3) is 0.217. The molecule has 0 aliphatic heterocycles. The summed E-state index contributed by atoms with van der Waals surface area (Å²) in [5, 5.41) is 3.75. The van der Waals surface area contributed by atoms with E-state index in [0.29, 0.717) is 20.8 Å². The Balaban J connectivity index is 1.41. The Morgan fingerprint density at radius 3 is 2.69 bits per heavy atom.